The molecule has 0 bridgehead atoms. The number of aromatic nitrogens is 2. The molecule has 2 aromatic heterocycles. The third kappa shape index (κ3) is 7.31. The molecule has 0 N–H and O–H groups in total. The molecule has 0 fully saturated rings. The summed E-state index contributed by atoms with van der Waals surface area (Å²) in [4.78, 5) is 0. The largest absolute Gasteiger partial charge is 0.309 e. The SMILES string of the molecule is c1ccc(-c2cc(-c3ccccc3)cc([Si](c3ccccc3)(c3ccccc3)c3cc(-c4ccccc4)c(-n4c5ccccc5c5c(-n6c7ccccc7c7ccccc76)cccc54)c(-c4ccccc4)c3)c2)cc1. The second kappa shape index (κ2) is 18.5. The van der Waals surface area contributed by atoms with Crippen LogP contribution in [0.1, 0.15) is 0 Å². The van der Waals surface area contributed by atoms with E-state index in [0.717, 1.165) is 33.5 Å². The smallest absolute Gasteiger partial charge is 0.179 e. The van der Waals surface area contributed by atoms with Gasteiger partial charge in [0.25, 0.3) is 0 Å². The molecule has 2 nitrogen and oxygen atoms in total. The summed E-state index contributed by atoms with van der Waals surface area (Å²) >= 11 is 0. The van der Waals surface area contributed by atoms with Crippen LogP contribution in [0.15, 0.2) is 303 Å². The molecular weight excluding hydrogens is 921 g/mol. The van der Waals surface area contributed by atoms with Gasteiger partial charge in [-0.2, -0.15) is 0 Å². The monoisotopic (exact) mass is 970 g/mol. The van der Waals surface area contributed by atoms with E-state index in [9.17, 15) is 0 Å². The predicted molar refractivity (Wildman–Crippen MR) is 320 cm³/mol. The van der Waals surface area contributed by atoms with Crippen LogP contribution in [0.4, 0.5) is 0 Å². The molecule has 0 saturated carbocycles. The second-order valence-electron chi connectivity index (χ2n) is 19.6. The van der Waals surface area contributed by atoms with Gasteiger partial charge < -0.3 is 9.13 Å². The van der Waals surface area contributed by atoms with E-state index in [1.165, 1.54) is 86.7 Å². The number of hydrogen-bond acceptors (Lipinski definition) is 0. The van der Waals surface area contributed by atoms with E-state index in [1.807, 2.05) is 0 Å². The number of benzene rings is 12. The van der Waals surface area contributed by atoms with Crippen LogP contribution >= 0.6 is 0 Å². The molecule has 352 valence electrons. The summed E-state index contributed by atoms with van der Waals surface area (Å²) in [7, 11) is -3.28. The zero-order chi connectivity index (χ0) is 49.7. The van der Waals surface area contributed by atoms with Crippen molar-refractivity contribution in [3.05, 3.63) is 303 Å². The molecule has 75 heavy (non-hydrogen) atoms. The summed E-state index contributed by atoms with van der Waals surface area (Å²) < 4.78 is 5.06. The Bertz CT molecular complexity index is 4160. The molecule has 0 saturated heterocycles. The molecule has 0 radical (unpaired) electrons. The quantitative estimate of drug-likeness (QED) is 0.0955. The van der Waals surface area contributed by atoms with Crippen molar-refractivity contribution >= 4 is 72.4 Å². The Labute approximate surface area is 438 Å². The summed E-state index contributed by atoms with van der Waals surface area (Å²) in [5, 5.41) is 10.2. The van der Waals surface area contributed by atoms with Crippen molar-refractivity contribution in [3.63, 3.8) is 0 Å². The van der Waals surface area contributed by atoms with Crippen LogP contribution in [-0.4, -0.2) is 17.2 Å². The third-order valence-corrected chi connectivity index (χ3v) is 20.1. The van der Waals surface area contributed by atoms with Crippen molar-refractivity contribution in [3.8, 4) is 55.9 Å². The second-order valence-corrected chi connectivity index (χ2v) is 23.4. The van der Waals surface area contributed by atoms with Gasteiger partial charge in [-0.25, -0.2) is 0 Å². The molecule has 0 spiro atoms. The molecule has 12 aromatic carbocycles. The molecular formula is C72H50N2Si. The highest BCUT2D eigenvalue weighted by Crippen LogP contribution is 2.44. The molecule has 0 unspecified atom stereocenters. The van der Waals surface area contributed by atoms with Gasteiger partial charge in [0.2, 0.25) is 0 Å². The number of rotatable bonds is 10. The number of fused-ring (bicyclic) bond motifs is 6. The normalized spacial score (nSPS) is 11.7. The zero-order valence-corrected chi connectivity index (χ0v) is 42.3. The predicted octanol–water partition coefficient (Wildman–Crippen LogP) is 15.9. The maximum absolute atomic E-state index is 3.28. The van der Waals surface area contributed by atoms with Crippen LogP contribution in [0.2, 0.25) is 0 Å². The molecule has 0 amide bonds. The lowest BCUT2D eigenvalue weighted by atomic mass is 9.95. The van der Waals surface area contributed by atoms with Crippen molar-refractivity contribution in [1.29, 1.82) is 0 Å². The Morgan fingerprint density at radius 2 is 0.587 bits per heavy atom. The molecule has 14 aromatic rings. The first-order valence-electron chi connectivity index (χ1n) is 25.9. The summed E-state index contributed by atoms with van der Waals surface area (Å²) in [6.45, 7) is 0. The number of para-hydroxylation sites is 3. The van der Waals surface area contributed by atoms with Crippen LogP contribution in [-0.2, 0) is 0 Å². The number of hydrogen-bond donors (Lipinski definition) is 0. The Balaban J connectivity index is 1.15. The van der Waals surface area contributed by atoms with E-state index in [-0.39, 0.29) is 0 Å². The van der Waals surface area contributed by atoms with E-state index in [2.05, 4.69) is 312 Å². The van der Waals surface area contributed by atoms with Gasteiger partial charge in [0.05, 0.1) is 33.4 Å². The van der Waals surface area contributed by atoms with Crippen LogP contribution in [0.25, 0.3) is 99.5 Å². The Kier molecular flexibility index (Phi) is 10.9. The van der Waals surface area contributed by atoms with E-state index in [1.54, 1.807) is 0 Å². The minimum Gasteiger partial charge on any atom is -0.309 e. The van der Waals surface area contributed by atoms with E-state index >= 15 is 0 Å². The molecule has 0 atom stereocenters. The maximum atomic E-state index is 2.58. The van der Waals surface area contributed by atoms with Crippen molar-refractivity contribution in [2.45, 2.75) is 0 Å². The van der Waals surface area contributed by atoms with Crippen LogP contribution in [0.5, 0.6) is 0 Å². The lowest BCUT2D eigenvalue weighted by Crippen LogP contribution is -2.74. The van der Waals surface area contributed by atoms with Gasteiger partial charge in [-0.3, -0.25) is 0 Å². The molecule has 0 aliphatic heterocycles. The fourth-order valence-corrected chi connectivity index (χ4v) is 17.0. The van der Waals surface area contributed by atoms with Crippen LogP contribution < -0.4 is 20.7 Å². The number of nitrogens with zero attached hydrogens (tertiary/aromatic N) is 2. The van der Waals surface area contributed by atoms with Gasteiger partial charge in [-0.1, -0.05) is 267 Å². The standard InChI is InChI=1S/C72H50N2Si/c1-7-26-51(27-8-1)55-46-56(52-28-9-2-10-29-52)48-59(47-55)75(57-34-15-5-16-35-57,58-36-17-6-18-37-58)60-49-64(53-30-11-3-12-31-53)72(65(50-60)54-32-13-4-14-33-54)74-68-43-24-21-40-63(68)71-69(44-25-45-70(71)74)73-66-41-22-19-38-61(66)62-39-20-23-42-67(62)73/h1-50H. The van der Waals surface area contributed by atoms with Gasteiger partial charge in [0.15, 0.2) is 8.07 Å². The van der Waals surface area contributed by atoms with Crippen molar-refractivity contribution in [1.82, 2.24) is 9.13 Å². The van der Waals surface area contributed by atoms with Crippen molar-refractivity contribution in [2.24, 2.45) is 0 Å². The Morgan fingerprint density at radius 1 is 0.227 bits per heavy atom. The minimum absolute atomic E-state index is 1.15. The lowest BCUT2D eigenvalue weighted by Gasteiger charge is -2.36. The zero-order valence-electron chi connectivity index (χ0n) is 41.3. The minimum atomic E-state index is -3.28. The first-order chi connectivity index (χ1) is 37.2. The summed E-state index contributed by atoms with van der Waals surface area (Å²) in [6, 6.07) is 113. The summed E-state index contributed by atoms with van der Waals surface area (Å²) in [5.41, 5.74) is 16.4. The lowest BCUT2D eigenvalue weighted by molar-refractivity contribution is 1.17. The van der Waals surface area contributed by atoms with Crippen LogP contribution in [0.3, 0.4) is 0 Å². The highest BCUT2D eigenvalue weighted by atomic mass is 28.3. The fraction of sp³-hybridized carbons (Fsp3) is 0. The average molecular weight is 971 g/mol. The Morgan fingerprint density at radius 3 is 1.05 bits per heavy atom. The van der Waals surface area contributed by atoms with Gasteiger partial charge >= 0.3 is 0 Å². The summed E-state index contributed by atoms with van der Waals surface area (Å²) in [5.74, 6) is 0. The molecule has 2 heterocycles. The van der Waals surface area contributed by atoms with Gasteiger partial charge in [-0.05, 0) is 90.5 Å². The van der Waals surface area contributed by atoms with E-state index < -0.39 is 8.07 Å². The first-order valence-corrected chi connectivity index (χ1v) is 27.9. The van der Waals surface area contributed by atoms with E-state index in [4.69, 9.17) is 0 Å². The summed E-state index contributed by atoms with van der Waals surface area (Å²) in [6.07, 6.45) is 0. The Hall–Kier alpha value is -9.54. The van der Waals surface area contributed by atoms with Crippen LogP contribution in [0, 0.1) is 0 Å². The fourth-order valence-electron chi connectivity index (χ4n) is 12.2. The first kappa shape index (κ1) is 44.2. The molecule has 14 rings (SSSR count). The highest BCUT2D eigenvalue weighted by molar-refractivity contribution is 7.20. The van der Waals surface area contributed by atoms with Gasteiger partial charge in [-0.15, -0.1) is 0 Å². The van der Waals surface area contributed by atoms with Crippen molar-refractivity contribution < 1.29 is 0 Å². The van der Waals surface area contributed by atoms with Gasteiger partial charge in [0, 0.05) is 32.7 Å². The topological polar surface area (TPSA) is 9.86 Å². The van der Waals surface area contributed by atoms with E-state index in [0.29, 0.717) is 0 Å². The molecule has 0 aliphatic carbocycles. The average Bonchev–Trinajstić information content (AvgIpc) is 4.02. The molecule has 0 aliphatic rings. The molecule has 3 heteroatoms. The maximum Gasteiger partial charge on any atom is 0.179 e. The third-order valence-electron chi connectivity index (χ3n) is 15.4. The highest BCUT2D eigenvalue weighted by Gasteiger charge is 2.43. The van der Waals surface area contributed by atoms with Crippen molar-refractivity contribution in [2.75, 3.05) is 0 Å². The van der Waals surface area contributed by atoms with Gasteiger partial charge in [0.1, 0.15) is 0 Å².